The highest BCUT2D eigenvalue weighted by atomic mass is 16.4. The highest BCUT2D eigenvalue weighted by Gasteiger charge is 2.09. The third kappa shape index (κ3) is 5.91. The predicted octanol–water partition coefficient (Wildman–Crippen LogP) is 1.54. The Labute approximate surface area is 144 Å². The molecule has 0 saturated carbocycles. The number of hydrogen-bond acceptors (Lipinski definition) is 4. The van der Waals surface area contributed by atoms with Crippen LogP contribution in [0.1, 0.15) is 27.9 Å². The van der Waals surface area contributed by atoms with Gasteiger partial charge in [0.2, 0.25) is 11.8 Å². The molecule has 2 aromatic rings. The molecule has 7 nitrogen and oxygen atoms in total. The molecule has 2 rings (SSSR count). The quantitative estimate of drug-likeness (QED) is 0.404. The molecule has 0 aromatic heterocycles. The molecule has 0 spiro atoms. The summed E-state index contributed by atoms with van der Waals surface area (Å²) in [6.07, 6.45) is 0.855. The first-order chi connectivity index (χ1) is 12.1. The third-order valence-corrected chi connectivity index (χ3v) is 3.24. The smallest absolute Gasteiger partial charge is 0.336 e. The first kappa shape index (κ1) is 17.9. The molecule has 0 aliphatic heterocycles. The number of amides is 2. The number of carbonyl (C=O) groups excluding carboxylic acids is 2. The standard InChI is InChI=1S/C18H17N3O4/c22-16(19-11-13-6-2-1-3-7-13)10-17(23)21-20-12-14-8-4-5-9-15(14)18(24)25/h1-9,12H,10-11H2,(H,19,22)(H,21,23)(H,24,25). The fourth-order valence-corrected chi connectivity index (χ4v) is 2.02. The summed E-state index contributed by atoms with van der Waals surface area (Å²) in [7, 11) is 0. The van der Waals surface area contributed by atoms with E-state index in [0.717, 1.165) is 5.56 Å². The van der Waals surface area contributed by atoms with E-state index in [0.29, 0.717) is 12.1 Å². The lowest BCUT2D eigenvalue weighted by molar-refractivity contribution is -0.129. The van der Waals surface area contributed by atoms with Crippen LogP contribution in [0.2, 0.25) is 0 Å². The van der Waals surface area contributed by atoms with Gasteiger partial charge in [-0.1, -0.05) is 48.5 Å². The Morgan fingerprint density at radius 1 is 0.960 bits per heavy atom. The SMILES string of the molecule is O=C(CC(=O)NN=Cc1ccccc1C(=O)O)NCc1ccccc1. The zero-order valence-corrected chi connectivity index (χ0v) is 13.3. The van der Waals surface area contributed by atoms with Gasteiger partial charge in [-0.2, -0.15) is 5.10 Å². The molecule has 0 radical (unpaired) electrons. The molecule has 2 aromatic carbocycles. The van der Waals surface area contributed by atoms with Gasteiger partial charge in [-0.05, 0) is 11.6 Å². The number of benzene rings is 2. The molecule has 0 fully saturated rings. The molecule has 0 aliphatic rings. The fraction of sp³-hybridized carbons (Fsp3) is 0.111. The van der Waals surface area contributed by atoms with Crippen LogP contribution in [0.25, 0.3) is 0 Å². The predicted molar refractivity (Wildman–Crippen MR) is 92.0 cm³/mol. The fourth-order valence-electron chi connectivity index (χ4n) is 2.02. The molecular weight excluding hydrogens is 322 g/mol. The van der Waals surface area contributed by atoms with Crippen LogP contribution >= 0.6 is 0 Å². The third-order valence-electron chi connectivity index (χ3n) is 3.24. The van der Waals surface area contributed by atoms with Crippen LogP contribution in [0, 0.1) is 0 Å². The first-order valence-electron chi connectivity index (χ1n) is 7.51. The average Bonchev–Trinajstić information content (AvgIpc) is 2.61. The van der Waals surface area contributed by atoms with Gasteiger partial charge in [0.15, 0.2) is 0 Å². The summed E-state index contributed by atoms with van der Waals surface area (Å²) in [6.45, 7) is 0.336. The lowest BCUT2D eigenvalue weighted by atomic mass is 10.1. The molecule has 0 atom stereocenters. The van der Waals surface area contributed by atoms with Crippen molar-refractivity contribution < 1.29 is 19.5 Å². The molecular formula is C18H17N3O4. The number of carbonyl (C=O) groups is 3. The molecule has 0 aliphatic carbocycles. The van der Waals surface area contributed by atoms with Crippen molar-refractivity contribution in [2.24, 2.45) is 5.10 Å². The number of carboxylic acids is 1. The number of hydrazone groups is 1. The number of carboxylic acid groups (broad SMARTS) is 1. The minimum absolute atomic E-state index is 0.0705. The summed E-state index contributed by atoms with van der Waals surface area (Å²) < 4.78 is 0. The van der Waals surface area contributed by atoms with Crippen LogP contribution in [-0.2, 0) is 16.1 Å². The zero-order valence-electron chi connectivity index (χ0n) is 13.3. The lowest BCUT2D eigenvalue weighted by Crippen LogP contribution is -2.29. The average molecular weight is 339 g/mol. The van der Waals surface area contributed by atoms with Crippen LogP contribution in [0.4, 0.5) is 0 Å². The van der Waals surface area contributed by atoms with E-state index in [-0.39, 0.29) is 12.0 Å². The maximum absolute atomic E-state index is 11.7. The molecule has 0 saturated heterocycles. The largest absolute Gasteiger partial charge is 0.478 e. The van der Waals surface area contributed by atoms with E-state index in [4.69, 9.17) is 5.11 Å². The molecule has 7 heteroatoms. The van der Waals surface area contributed by atoms with Gasteiger partial charge in [-0.3, -0.25) is 9.59 Å². The van der Waals surface area contributed by atoms with Crippen LogP contribution < -0.4 is 10.7 Å². The van der Waals surface area contributed by atoms with Gasteiger partial charge < -0.3 is 10.4 Å². The van der Waals surface area contributed by atoms with E-state index in [1.165, 1.54) is 12.3 Å². The minimum atomic E-state index is -1.09. The number of aromatic carboxylic acids is 1. The van der Waals surface area contributed by atoms with Crippen LogP contribution in [-0.4, -0.2) is 29.1 Å². The van der Waals surface area contributed by atoms with E-state index in [9.17, 15) is 14.4 Å². The van der Waals surface area contributed by atoms with Gasteiger partial charge in [-0.15, -0.1) is 0 Å². The van der Waals surface area contributed by atoms with E-state index in [1.807, 2.05) is 30.3 Å². The van der Waals surface area contributed by atoms with Gasteiger partial charge in [0.05, 0.1) is 11.8 Å². The van der Waals surface area contributed by atoms with Crippen molar-refractivity contribution in [3.63, 3.8) is 0 Å². The van der Waals surface area contributed by atoms with Crippen molar-refractivity contribution in [1.29, 1.82) is 0 Å². The second-order valence-electron chi connectivity index (χ2n) is 5.12. The molecule has 2 amide bonds. The van der Waals surface area contributed by atoms with Crippen molar-refractivity contribution in [1.82, 2.24) is 10.7 Å². The van der Waals surface area contributed by atoms with Gasteiger partial charge in [0, 0.05) is 12.1 Å². The molecule has 128 valence electrons. The van der Waals surface area contributed by atoms with Gasteiger partial charge in [0.25, 0.3) is 0 Å². The Bertz CT molecular complexity index is 788. The summed E-state index contributed by atoms with van der Waals surface area (Å²) in [5.41, 5.74) is 3.55. The minimum Gasteiger partial charge on any atom is -0.478 e. The molecule has 0 bridgehead atoms. The Morgan fingerprint density at radius 2 is 1.64 bits per heavy atom. The maximum atomic E-state index is 11.7. The summed E-state index contributed by atoms with van der Waals surface area (Å²) in [5.74, 6) is -2.11. The monoisotopic (exact) mass is 339 g/mol. The topological polar surface area (TPSA) is 108 Å². The van der Waals surface area contributed by atoms with E-state index in [1.54, 1.807) is 18.2 Å². The summed E-state index contributed by atoms with van der Waals surface area (Å²) in [6, 6.07) is 15.6. The Hall–Kier alpha value is -3.48. The Balaban J connectivity index is 1.80. The van der Waals surface area contributed by atoms with Crippen LogP contribution in [0.3, 0.4) is 0 Å². The molecule has 25 heavy (non-hydrogen) atoms. The summed E-state index contributed by atoms with van der Waals surface area (Å²) in [5, 5.41) is 15.4. The van der Waals surface area contributed by atoms with Gasteiger partial charge in [-0.25, -0.2) is 10.2 Å². The van der Waals surface area contributed by atoms with Crippen molar-refractivity contribution in [3.8, 4) is 0 Å². The Kier molecular flexibility index (Phi) is 6.41. The second-order valence-corrected chi connectivity index (χ2v) is 5.12. The van der Waals surface area contributed by atoms with Crippen LogP contribution in [0.15, 0.2) is 59.7 Å². The molecule has 3 N–H and O–H groups in total. The van der Waals surface area contributed by atoms with Crippen molar-refractivity contribution in [2.45, 2.75) is 13.0 Å². The van der Waals surface area contributed by atoms with Crippen LogP contribution in [0.5, 0.6) is 0 Å². The van der Waals surface area contributed by atoms with Crippen molar-refractivity contribution in [2.75, 3.05) is 0 Å². The molecule has 0 unspecified atom stereocenters. The highest BCUT2D eigenvalue weighted by Crippen LogP contribution is 2.05. The lowest BCUT2D eigenvalue weighted by Gasteiger charge is -2.04. The summed E-state index contributed by atoms with van der Waals surface area (Å²) in [4.78, 5) is 34.4. The Morgan fingerprint density at radius 3 is 2.36 bits per heavy atom. The van der Waals surface area contributed by atoms with E-state index >= 15 is 0 Å². The zero-order chi connectivity index (χ0) is 18.1. The van der Waals surface area contributed by atoms with Gasteiger partial charge >= 0.3 is 5.97 Å². The number of rotatable bonds is 7. The van der Waals surface area contributed by atoms with E-state index in [2.05, 4.69) is 15.8 Å². The van der Waals surface area contributed by atoms with E-state index < -0.39 is 17.8 Å². The second kappa shape index (κ2) is 8.97. The number of nitrogens with one attached hydrogen (secondary N) is 2. The number of hydrogen-bond donors (Lipinski definition) is 3. The first-order valence-corrected chi connectivity index (χ1v) is 7.51. The van der Waals surface area contributed by atoms with Crippen molar-refractivity contribution in [3.05, 3.63) is 71.3 Å². The molecule has 0 heterocycles. The normalized spacial score (nSPS) is 10.4. The summed E-state index contributed by atoms with van der Waals surface area (Å²) >= 11 is 0. The van der Waals surface area contributed by atoms with Crippen molar-refractivity contribution >= 4 is 24.0 Å². The van der Waals surface area contributed by atoms with Gasteiger partial charge in [0.1, 0.15) is 6.42 Å². The highest BCUT2D eigenvalue weighted by molar-refractivity contribution is 5.99. The number of nitrogens with zero attached hydrogens (tertiary/aromatic N) is 1. The maximum Gasteiger partial charge on any atom is 0.336 e.